The second-order valence-corrected chi connectivity index (χ2v) is 7.34. The molecule has 1 atom stereocenters. The quantitative estimate of drug-likeness (QED) is 0.899. The Bertz CT molecular complexity index is 546. The van der Waals surface area contributed by atoms with Crippen molar-refractivity contribution in [2.45, 2.75) is 23.8 Å². The van der Waals surface area contributed by atoms with Gasteiger partial charge >= 0.3 is 0 Å². The fraction of sp³-hybridized carbons (Fsp3) is 0.500. The van der Waals surface area contributed by atoms with Crippen LogP contribution in [0.25, 0.3) is 0 Å². The Morgan fingerprint density at radius 3 is 2.45 bits per heavy atom. The molecule has 0 aromatic heterocycles. The number of sulfonamides is 1. The first kappa shape index (κ1) is 18.0. The third-order valence-corrected chi connectivity index (χ3v) is 5.57. The van der Waals surface area contributed by atoms with Crippen molar-refractivity contribution in [3.8, 4) is 0 Å². The predicted molar refractivity (Wildman–Crippen MR) is 84.6 cm³/mol. The maximum absolute atomic E-state index is 12.6. The van der Waals surface area contributed by atoms with Crippen LogP contribution in [0.4, 0.5) is 0 Å². The minimum absolute atomic E-state index is 0. The monoisotopic (exact) mass is 358 g/mol. The van der Waals surface area contributed by atoms with E-state index >= 15 is 0 Å². The average Bonchev–Trinajstić information content (AvgIpc) is 2.77. The van der Waals surface area contributed by atoms with Crippen molar-refractivity contribution in [1.29, 1.82) is 0 Å². The van der Waals surface area contributed by atoms with Gasteiger partial charge in [-0.05, 0) is 38.1 Å². The number of rotatable bonds is 4. The van der Waals surface area contributed by atoms with E-state index < -0.39 is 10.0 Å². The smallest absolute Gasteiger partial charge is 0.243 e. The topological polar surface area (TPSA) is 49.4 Å². The zero-order valence-corrected chi connectivity index (χ0v) is 14.1. The minimum Gasteiger partial charge on any atom is -0.318 e. The number of hydrogen-bond donors (Lipinski definition) is 1. The molecule has 1 saturated heterocycles. The fourth-order valence-electron chi connectivity index (χ4n) is 2.38. The summed E-state index contributed by atoms with van der Waals surface area (Å²) >= 11 is 11.8. The normalized spacial score (nSPS) is 19.9. The van der Waals surface area contributed by atoms with E-state index in [1.54, 1.807) is 0 Å². The Labute approximate surface area is 135 Å². The van der Waals surface area contributed by atoms with Gasteiger partial charge in [0.05, 0.1) is 4.90 Å². The molecule has 114 valence electrons. The summed E-state index contributed by atoms with van der Waals surface area (Å²) in [6.07, 6.45) is 1.74. The Kier molecular flexibility index (Phi) is 6.57. The van der Waals surface area contributed by atoms with E-state index in [-0.39, 0.29) is 23.3 Å². The van der Waals surface area contributed by atoms with Crippen LogP contribution in [0.3, 0.4) is 0 Å². The lowest BCUT2D eigenvalue weighted by Gasteiger charge is -2.24. The number of nitrogens with zero attached hydrogens (tertiary/aromatic N) is 1. The van der Waals surface area contributed by atoms with Crippen molar-refractivity contribution in [2.75, 3.05) is 20.1 Å². The van der Waals surface area contributed by atoms with Crippen LogP contribution < -0.4 is 5.32 Å². The summed E-state index contributed by atoms with van der Waals surface area (Å²) in [5.41, 5.74) is 0. The molecule has 1 aromatic carbocycles. The Hall–Kier alpha value is -0.0400. The SMILES string of the molecule is CNCC1CCCN1S(=O)(=O)c1cc(Cl)cc(Cl)c1.Cl. The van der Waals surface area contributed by atoms with E-state index in [1.165, 1.54) is 22.5 Å². The highest BCUT2D eigenvalue weighted by Crippen LogP contribution is 2.29. The summed E-state index contributed by atoms with van der Waals surface area (Å²) < 4.78 is 26.7. The molecule has 1 aliphatic rings. The first-order valence-corrected chi connectivity index (χ1v) is 8.27. The van der Waals surface area contributed by atoms with Gasteiger partial charge in [0.15, 0.2) is 0 Å². The average molecular weight is 360 g/mol. The summed E-state index contributed by atoms with van der Waals surface area (Å²) in [5.74, 6) is 0. The fourth-order valence-corrected chi connectivity index (χ4v) is 4.80. The molecule has 20 heavy (non-hydrogen) atoms. The number of likely N-dealkylation sites (N-methyl/N-ethyl adjacent to an activating group) is 1. The van der Waals surface area contributed by atoms with Crippen LogP contribution in [0.1, 0.15) is 12.8 Å². The third kappa shape index (κ3) is 3.78. The van der Waals surface area contributed by atoms with Crippen molar-refractivity contribution >= 4 is 45.6 Å². The molecule has 0 radical (unpaired) electrons. The lowest BCUT2D eigenvalue weighted by Crippen LogP contribution is -2.40. The van der Waals surface area contributed by atoms with Crippen molar-refractivity contribution < 1.29 is 8.42 Å². The highest BCUT2D eigenvalue weighted by atomic mass is 35.5. The molecule has 1 N–H and O–H groups in total. The number of nitrogens with one attached hydrogen (secondary N) is 1. The largest absolute Gasteiger partial charge is 0.318 e. The molecule has 1 fully saturated rings. The second-order valence-electron chi connectivity index (χ2n) is 4.57. The van der Waals surface area contributed by atoms with Gasteiger partial charge in [-0.15, -0.1) is 12.4 Å². The van der Waals surface area contributed by atoms with Gasteiger partial charge in [0.2, 0.25) is 10.0 Å². The maximum atomic E-state index is 12.6. The van der Waals surface area contributed by atoms with Crippen LogP contribution in [0.5, 0.6) is 0 Å². The van der Waals surface area contributed by atoms with Crippen molar-refractivity contribution in [3.63, 3.8) is 0 Å². The lowest BCUT2D eigenvalue weighted by molar-refractivity contribution is 0.379. The summed E-state index contributed by atoms with van der Waals surface area (Å²) in [6, 6.07) is 4.40. The standard InChI is InChI=1S/C12H16Cl2N2O2S.ClH/c1-15-8-11-3-2-4-16(11)19(17,18)12-6-9(13)5-10(14)7-12;/h5-7,11,15H,2-4,8H2,1H3;1H. The van der Waals surface area contributed by atoms with E-state index in [2.05, 4.69) is 5.32 Å². The molecular weight excluding hydrogens is 343 g/mol. The summed E-state index contributed by atoms with van der Waals surface area (Å²) in [7, 11) is -1.71. The molecule has 1 unspecified atom stereocenters. The van der Waals surface area contributed by atoms with Crippen LogP contribution in [-0.2, 0) is 10.0 Å². The van der Waals surface area contributed by atoms with Crippen LogP contribution >= 0.6 is 35.6 Å². The second kappa shape index (κ2) is 7.29. The van der Waals surface area contributed by atoms with Crippen LogP contribution in [0.15, 0.2) is 23.1 Å². The molecule has 0 spiro atoms. The van der Waals surface area contributed by atoms with Crippen LogP contribution in [0, 0.1) is 0 Å². The van der Waals surface area contributed by atoms with Gasteiger partial charge in [-0.3, -0.25) is 0 Å². The summed E-state index contributed by atoms with van der Waals surface area (Å²) in [4.78, 5) is 0.160. The van der Waals surface area contributed by atoms with Gasteiger partial charge in [0, 0.05) is 29.2 Å². The summed E-state index contributed by atoms with van der Waals surface area (Å²) in [5, 5.41) is 3.69. The summed E-state index contributed by atoms with van der Waals surface area (Å²) in [6.45, 7) is 1.19. The molecule has 4 nitrogen and oxygen atoms in total. The Morgan fingerprint density at radius 1 is 1.30 bits per heavy atom. The van der Waals surface area contributed by atoms with E-state index in [1.807, 2.05) is 7.05 Å². The molecule has 0 amide bonds. The molecule has 1 heterocycles. The van der Waals surface area contributed by atoms with Crippen LogP contribution in [-0.4, -0.2) is 38.9 Å². The first-order chi connectivity index (χ1) is 8.95. The van der Waals surface area contributed by atoms with E-state index in [9.17, 15) is 8.42 Å². The van der Waals surface area contributed by atoms with Gasteiger partial charge in [-0.2, -0.15) is 4.31 Å². The maximum Gasteiger partial charge on any atom is 0.243 e. The Balaban J connectivity index is 0.00000200. The highest BCUT2D eigenvalue weighted by Gasteiger charge is 2.35. The van der Waals surface area contributed by atoms with Crippen molar-refractivity contribution in [2.24, 2.45) is 0 Å². The zero-order valence-electron chi connectivity index (χ0n) is 11.0. The van der Waals surface area contributed by atoms with E-state index in [0.29, 0.717) is 23.1 Å². The van der Waals surface area contributed by atoms with Gasteiger partial charge in [-0.25, -0.2) is 8.42 Å². The molecule has 0 saturated carbocycles. The van der Waals surface area contributed by atoms with Gasteiger partial charge in [0.25, 0.3) is 0 Å². The van der Waals surface area contributed by atoms with Crippen molar-refractivity contribution in [1.82, 2.24) is 9.62 Å². The molecule has 0 bridgehead atoms. The first-order valence-electron chi connectivity index (χ1n) is 6.07. The van der Waals surface area contributed by atoms with Crippen LogP contribution in [0.2, 0.25) is 10.0 Å². The number of hydrogen-bond acceptors (Lipinski definition) is 3. The van der Waals surface area contributed by atoms with E-state index in [4.69, 9.17) is 23.2 Å². The molecular formula is C12H17Cl3N2O2S. The predicted octanol–water partition coefficient (Wildman–Crippen LogP) is 2.79. The lowest BCUT2D eigenvalue weighted by atomic mass is 10.2. The third-order valence-electron chi connectivity index (χ3n) is 3.21. The molecule has 0 aliphatic carbocycles. The van der Waals surface area contributed by atoms with Crippen molar-refractivity contribution in [3.05, 3.63) is 28.2 Å². The van der Waals surface area contributed by atoms with Gasteiger partial charge in [-0.1, -0.05) is 23.2 Å². The zero-order chi connectivity index (χ0) is 14.0. The Morgan fingerprint density at radius 2 is 1.90 bits per heavy atom. The molecule has 1 aromatic rings. The van der Waals surface area contributed by atoms with E-state index in [0.717, 1.165) is 12.8 Å². The van der Waals surface area contributed by atoms with Gasteiger partial charge < -0.3 is 5.32 Å². The minimum atomic E-state index is -3.53. The highest BCUT2D eigenvalue weighted by molar-refractivity contribution is 7.89. The number of halogens is 3. The number of benzene rings is 1. The van der Waals surface area contributed by atoms with Gasteiger partial charge in [0.1, 0.15) is 0 Å². The molecule has 8 heteroatoms. The molecule has 2 rings (SSSR count). The molecule has 1 aliphatic heterocycles.